The number of carbonyl (C=O) groups excluding carboxylic acids is 2. The maximum atomic E-state index is 12.3. The zero-order valence-electron chi connectivity index (χ0n) is 18.0. The van der Waals surface area contributed by atoms with Gasteiger partial charge in [-0.05, 0) is 54.0 Å². The molecule has 0 fully saturated rings. The van der Waals surface area contributed by atoms with E-state index in [2.05, 4.69) is 5.32 Å². The van der Waals surface area contributed by atoms with E-state index in [1.165, 1.54) is 4.90 Å². The molecule has 32 heavy (non-hydrogen) atoms. The highest BCUT2D eigenvalue weighted by Crippen LogP contribution is 2.33. The van der Waals surface area contributed by atoms with E-state index < -0.39 is 6.04 Å². The van der Waals surface area contributed by atoms with E-state index in [1.807, 2.05) is 78.9 Å². The van der Waals surface area contributed by atoms with E-state index in [0.717, 1.165) is 22.4 Å². The minimum atomic E-state index is -0.563. The Balaban J connectivity index is 1.41. The Hall–Kier alpha value is -3.90. The third kappa shape index (κ3) is 4.71. The standard InChI is InChI=1S/C26H25N3O3/c1-29(2)26(31)23(27)16-18-9-13-20(14-10-18)32-19-11-7-17(8-12-19)15-22-21-5-3-4-6-24(21)28-25(22)30/h3-15,23H,16,27H2,1-2H3,(H,28,30)/t23-/m0/s1. The summed E-state index contributed by atoms with van der Waals surface area (Å²) in [6, 6.07) is 22.2. The van der Waals surface area contributed by atoms with Crippen LogP contribution >= 0.6 is 0 Å². The Morgan fingerprint density at radius 2 is 1.62 bits per heavy atom. The van der Waals surface area contributed by atoms with Gasteiger partial charge in [-0.3, -0.25) is 9.59 Å². The Morgan fingerprint density at radius 1 is 1.00 bits per heavy atom. The van der Waals surface area contributed by atoms with Gasteiger partial charge in [-0.15, -0.1) is 0 Å². The molecule has 3 N–H and O–H groups in total. The summed E-state index contributed by atoms with van der Waals surface area (Å²) in [6.07, 6.45) is 2.34. The molecular formula is C26H25N3O3. The smallest absolute Gasteiger partial charge is 0.256 e. The Bertz CT molecular complexity index is 1170. The van der Waals surface area contributed by atoms with Crippen molar-refractivity contribution in [3.05, 3.63) is 89.5 Å². The fourth-order valence-corrected chi connectivity index (χ4v) is 3.58. The number of hydrogen-bond acceptors (Lipinski definition) is 4. The number of nitrogens with zero attached hydrogens (tertiary/aromatic N) is 1. The number of hydrogen-bond donors (Lipinski definition) is 2. The number of para-hydroxylation sites is 1. The summed E-state index contributed by atoms with van der Waals surface area (Å²) in [5.74, 6) is 1.18. The molecule has 1 atom stereocenters. The number of benzene rings is 3. The summed E-state index contributed by atoms with van der Waals surface area (Å²) in [5, 5.41) is 2.88. The van der Waals surface area contributed by atoms with Gasteiger partial charge in [0.1, 0.15) is 11.5 Å². The number of ether oxygens (including phenoxy) is 1. The van der Waals surface area contributed by atoms with Crippen LogP contribution < -0.4 is 15.8 Å². The third-order valence-corrected chi connectivity index (χ3v) is 5.27. The molecule has 0 radical (unpaired) electrons. The summed E-state index contributed by atoms with van der Waals surface area (Å²) in [5.41, 5.74) is 10.2. The normalized spacial score (nSPS) is 14.6. The lowest BCUT2D eigenvalue weighted by molar-refractivity contribution is -0.130. The first-order valence-electron chi connectivity index (χ1n) is 10.4. The van der Waals surface area contributed by atoms with Crippen LogP contribution in [0.25, 0.3) is 11.6 Å². The average Bonchev–Trinajstić information content (AvgIpc) is 3.10. The van der Waals surface area contributed by atoms with Gasteiger partial charge in [-0.25, -0.2) is 0 Å². The summed E-state index contributed by atoms with van der Waals surface area (Å²) in [4.78, 5) is 25.7. The number of fused-ring (bicyclic) bond motifs is 1. The maximum absolute atomic E-state index is 12.3. The molecule has 6 heteroatoms. The van der Waals surface area contributed by atoms with Gasteiger partial charge < -0.3 is 20.7 Å². The maximum Gasteiger partial charge on any atom is 0.256 e. The van der Waals surface area contributed by atoms with Gasteiger partial charge >= 0.3 is 0 Å². The van der Waals surface area contributed by atoms with Crippen LogP contribution in [0.4, 0.5) is 5.69 Å². The van der Waals surface area contributed by atoms with Crippen LogP contribution in [0.3, 0.4) is 0 Å². The fourth-order valence-electron chi connectivity index (χ4n) is 3.58. The van der Waals surface area contributed by atoms with Gasteiger partial charge in [0.25, 0.3) is 5.91 Å². The first-order chi connectivity index (χ1) is 15.4. The number of likely N-dealkylation sites (N-methyl/N-ethyl adjacent to an activating group) is 1. The summed E-state index contributed by atoms with van der Waals surface area (Å²) < 4.78 is 5.92. The van der Waals surface area contributed by atoms with Crippen molar-refractivity contribution in [1.82, 2.24) is 4.90 Å². The molecule has 1 heterocycles. The molecule has 3 aromatic carbocycles. The molecule has 0 spiro atoms. The Morgan fingerprint density at radius 3 is 2.28 bits per heavy atom. The predicted octanol–water partition coefficient (Wildman–Crippen LogP) is 3.93. The van der Waals surface area contributed by atoms with Crippen LogP contribution in [0.15, 0.2) is 72.8 Å². The van der Waals surface area contributed by atoms with E-state index in [-0.39, 0.29) is 11.8 Å². The summed E-state index contributed by atoms with van der Waals surface area (Å²) >= 11 is 0. The van der Waals surface area contributed by atoms with Gasteiger partial charge in [0.2, 0.25) is 5.91 Å². The number of nitrogens with two attached hydrogens (primary N) is 1. The van der Waals surface area contributed by atoms with Gasteiger partial charge in [0.05, 0.1) is 6.04 Å². The lowest BCUT2D eigenvalue weighted by Crippen LogP contribution is -2.41. The zero-order chi connectivity index (χ0) is 22.7. The van der Waals surface area contributed by atoms with Gasteiger partial charge in [0.15, 0.2) is 0 Å². The van der Waals surface area contributed by atoms with Crippen molar-refractivity contribution in [3.8, 4) is 11.5 Å². The van der Waals surface area contributed by atoms with E-state index >= 15 is 0 Å². The minimum absolute atomic E-state index is 0.0982. The second-order valence-corrected chi connectivity index (χ2v) is 7.92. The van der Waals surface area contributed by atoms with Crippen LogP contribution in [0.1, 0.15) is 16.7 Å². The second kappa shape index (κ2) is 9.08. The first-order valence-corrected chi connectivity index (χ1v) is 10.4. The molecular weight excluding hydrogens is 402 g/mol. The van der Waals surface area contributed by atoms with Gasteiger partial charge in [-0.1, -0.05) is 42.5 Å². The molecule has 4 rings (SSSR count). The molecule has 0 unspecified atom stereocenters. The summed E-state index contributed by atoms with van der Waals surface area (Å²) in [6.45, 7) is 0. The van der Waals surface area contributed by atoms with Crippen LogP contribution in [0.5, 0.6) is 11.5 Å². The molecule has 6 nitrogen and oxygen atoms in total. The van der Waals surface area contributed by atoms with E-state index in [4.69, 9.17) is 10.5 Å². The number of anilines is 1. The Labute approximate surface area is 187 Å². The van der Waals surface area contributed by atoms with Crippen molar-refractivity contribution >= 4 is 29.2 Å². The molecule has 162 valence electrons. The molecule has 0 saturated carbocycles. The highest BCUT2D eigenvalue weighted by atomic mass is 16.5. The van der Waals surface area contributed by atoms with Crippen LogP contribution in [0.2, 0.25) is 0 Å². The third-order valence-electron chi connectivity index (χ3n) is 5.27. The van der Waals surface area contributed by atoms with E-state index in [9.17, 15) is 9.59 Å². The minimum Gasteiger partial charge on any atom is -0.457 e. The molecule has 2 amide bonds. The van der Waals surface area contributed by atoms with Crippen molar-refractivity contribution in [2.45, 2.75) is 12.5 Å². The molecule has 0 aromatic heterocycles. The van der Waals surface area contributed by atoms with E-state index in [0.29, 0.717) is 23.5 Å². The average molecular weight is 428 g/mol. The number of rotatable bonds is 6. The number of carbonyl (C=O) groups is 2. The summed E-state index contributed by atoms with van der Waals surface area (Å²) in [7, 11) is 3.39. The van der Waals surface area contributed by atoms with Crippen LogP contribution in [-0.2, 0) is 16.0 Å². The van der Waals surface area contributed by atoms with Crippen LogP contribution in [0, 0.1) is 0 Å². The molecule has 0 saturated heterocycles. The quantitative estimate of drug-likeness (QED) is 0.584. The molecule has 3 aromatic rings. The largest absolute Gasteiger partial charge is 0.457 e. The SMILES string of the molecule is CN(C)C(=O)[C@@H](N)Cc1ccc(Oc2ccc(C=C3C(=O)Nc4ccccc43)cc2)cc1. The Kier molecular flexibility index (Phi) is 6.05. The van der Waals surface area contributed by atoms with Crippen molar-refractivity contribution in [1.29, 1.82) is 0 Å². The van der Waals surface area contributed by atoms with Crippen molar-refractivity contribution in [3.63, 3.8) is 0 Å². The van der Waals surface area contributed by atoms with Gasteiger partial charge in [-0.2, -0.15) is 0 Å². The lowest BCUT2D eigenvalue weighted by Gasteiger charge is -2.16. The zero-order valence-corrected chi connectivity index (χ0v) is 18.0. The van der Waals surface area contributed by atoms with Crippen LogP contribution in [-0.4, -0.2) is 36.9 Å². The van der Waals surface area contributed by atoms with Crippen molar-refractivity contribution in [2.75, 3.05) is 19.4 Å². The van der Waals surface area contributed by atoms with Crippen molar-refractivity contribution < 1.29 is 14.3 Å². The molecule has 0 aliphatic carbocycles. The monoisotopic (exact) mass is 427 g/mol. The van der Waals surface area contributed by atoms with Gasteiger partial charge in [0, 0.05) is 30.9 Å². The first kappa shape index (κ1) is 21.3. The molecule has 1 aliphatic heterocycles. The number of amides is 2. The van der Waals surface area contributed by atoms with Crippen molar-refractivity contribution in [2.24, 2.45) is 5.73 Å². The highest BCUT2D eigenvalue weighted by molar-refractivity contribution is 6.34. The topological polar surface area (TPSA) is 84.7 Å². The highest BCUT2D eigenvalue weighted by Gasteiger charge is 2.23. The number of nitrogens with one attached hydrogen (secondary N) is 1. The fraction of sp³-hybridized carbons (Fsp3) is 0.154. The lowest BCUT2D eigenvalue weighted by atomic mass is 10.0. The predicted molar refractivity (Wildman–Crippen MR) is 126 cm³/mol. The van der Waals surface area contributed by atoms with E-state index in [1.54, 1.807) is 14.1 Å². The second-order valence-electron chi connectivity index (χ2n) is 7.92. The molecule has 0 bridgehead atoms. The molecule has 1 aliphatic rings.